The predicted molar refractivity (Wildman–Crippen MR) is 126 cm³/mol. The Morgan fingerprint density at radius 2 is 1.97 bits per heavy atom. The maximum atomic E-state index is 12.8. The van der Waals surface area contributed by atoms with Crippen molar-refractivity contribution in [2.75, 3.05) is 29.9 Å². The van der Waals surface area contributed by atoms with Gasteiger partial charge in [-0.25, -0.2) is 4.98 Å². The largest absolute Gasteiger partial charge is 0.386 e. The zero-order valence-corrected chi connectivity index (χ0v) is 19.2. The van der Waals surface area contributed by atoms with Gasteiger partial charge in [0, 0.05) is 37.3 Å². The van der Waals surface area contributed by atoms with Gasteiger partial charge in [-0.2, -0.15) is 9.61 Å². The molecular formula is C24H30N6O3. The Morgan fingerprint density at radius 1 is 1.21 bits per heavy atom. The minimum Gasteiger partial charge on any atom is -0.386 e. The second-order valence-electron chi connectivity index (χ2n) is 8.87. The number of benzene rings is 1. The highest BCUT2D eigenvalue weighted by Crippen LogP contribution is 2.26. The molecule has 3 aromatic rings. The summed E-state index contributed by atoms with van der Waals surface area (Å²) in [6.45, 7) is 7.30. The van der Waals surface area contributed by atoms with Gasteiger partial charge in [0.05, 0.1) is 17.7 Å². The Labute approximate surface area is 192 Å². The second kappa shape index (κ2) is 9.19. The zero-order chi connectivity index (χ0) is 23.6. The second-order valence-corrected chi connectivity index (χ2v) is 8.87. The molecule has 2 amide bonds. The number of carbonyl (C=O) groups excluding carboxylic acids is 2. The molecule has 9 nitrogen and oxygen atoms in total. The third kappa shape index (κ3) is 4.98. The molecule has 1 atom stereocenters. The summed E-state index contributed by atoms with van der Waals surface area (Å²) in [4.78, 5) is 31.9. The lowest BCUT2D eigenvalue weighted by atomic mass is 9.97. The van der Waals surface area contributed by atoms with Crippen LogP contribution in [0, 0.1) is 5.92 Å². The summed E-state index contributed by atoms with van der Waals surface area (Å²) >= 11 is 0. The molecule has 0 radical (unpaired) electrons. The van der Waals surface area contributed by atoms with Crippen molar-refractivity contribution >= 4 is 29.1 Å². The number of aromatic nitrogens is 3. The summed E-state index contributed by atoms with van der Waals surface area (Å²) < 4.78 is 1.73. The number of anilines is 2. The number of hydrogen-bond donors (Lipinski definition) is 3. The molecule has 174 valence electrons. The molecule has 0 bridgehead atoms. The lowest BCUT2D eigenvalue weighted by Gasteiger charge is -2.33. The third-order valence-electron chi connectivity index (χ3n) is 5.90. The Kier molecular flexibility index (Phi) is 6.33. The van der Waals surface area contributed by atoms with Crippen LogP contribution >= 0.6 is 0 Å². The van der Waals surface area contributed by atoms with E-state index in [-0.39, 0.29) is 17.7 Å². The minimum absolute atomic E-state index is 0.0657. The Hall–Kier alpha value is -3.46. The molecule has 9 heteroatoms. The fourth-order valence-corrected chi connectivity index (χ4v) is 4.12. The molecule has 2 aromatic heterocycles. The first kappa shape index (κ1) is 22.7. The van der Waals surface area contributed by atoms with E-state index >= 15 is 0 Å². The van der Waals surface area contributed by atoms with Crippen molar-refractivity contribution in [3.63, 3.8) is 0 Å². The van der Waals surface area contributed by atoms with Crippen molar-refractivity contribution in [2.24, 2.45) is 5.92 Å². The smallest absolute Gasteiger partial charge is 0.256 e. The van der Waals surface area contributed by atoms with Crippen molar-refractivity contribution in [1.29, 1.82) is 0 Å². The van der Waals surface area contributed by atoms with E-state index in [2.05, 4.69) is 25.6 Å². The molecular weight excluding hydrogens is 420 g/mol. The van der Waals surface area contributed by atoms with Gasteiger partial charge in [-0.15, -0.1) is 0 Å². The van der Waals surface area contributed by atoms with Crippen LogP contribution in [0.3, 0.4) is 0 Å². The predicted octanol–water partition coefficient (Wildman–Crippen LogP) is 2.56. The van der Waals surface area contributed by atoms with E-state index in [1.165, 1.54) is 0 Å². The van der Waals surface area contributed by atoms with E-state index in [9.17, 15) is 14.7 Å². The standard InChI is InChI=1S/C24H30N6O3/c1-4-25-22(31)17-6-5-13-29(15-17)21-14-19(27-20-11-12-26-30(20)21)28-23(32)16-7-9-18(10-8-16)24(2,3)33/h7-12,14,17,33H,4-6,13,15H2,1-3H3,(H,25,31)(H,27,28,32). The van der Waals surface area contributed by atoms with Crippen molar-refractivity contribution in [1.82, 2.24) is 19.9 Å². The van der Waals surface area contributed by atoms with Gasteiger partial charge in [0.2, 0.25) is 5.91 Å². The van der Waals surface area contributed by atoms with Gasteiger partial charge < -0.3 is 20.6 Å². The van der Waals surface area contributed by atoms with Crippen molar-refractivity contribution in [2.45, 2.75) is 39.2 Å². The summed E-state index contributed by atoms with van der Waals surface area (Å²) in [7, 11) is 0. The van der Waals surface area contributed by atoms with E-state index < -0.39 is 5.60 Å². The molecule has 3 heterocycles. The number of rotatable bonds is 6. The van der Waals surface area contributed by atoms with E-state index in [1.807, 2.05) is 6.92 Å². The number of nitrogens with zero attached hydrogens (tertiary/aromatic N) is 4. The van der Waals surface area contributed by atoms with Gasteiger partial charge in [0.15, 0.2) is 5.65 Å². The number of nitrogens with one attached hydrogen (secondary N) is 2. The maximum absolute atomic E-state index is 12.8. The molecule has 1 aliphatic heterocycles. The van der Waals surface area contributed by atoms with Crippen LogP contribution in [-0.2, 0) is 10.4 Å². The number of hydrogen-bond acceptors (Lipinski definition) is 6. The van der Waals surface area contributed by atoms with Crippen LogP contribution in [-0.4, -0.2) is 51.2 Å². The topological polar surface area (TPSA) is 112 Å². The normalized spacial score (nSPS) is 16.6. The molecule has 3 N–H and O–H groups in total. The summed E-state index contributed by atoms with van der Waals surface area (Å²) in [5.74, 6) is 0.876. The van der Waals surface area contributed by atoms with E-state index in [0.717, 1.165) is 30.8 Å². The highest BCUT2D eigenvalue weighted by molar-refractivity contribution is 6.04. The van der Waals surface area contributed by atoms with Gasteiger partial charge >= 0.3 is 0 Å². The molecule has 1 saturated heterocycles. The molecule has 0 saturated carbocycles. The zero-order valence-electron chi connectivity index (χ0n) is 19.2. The van der Waals surface area contributed by atoms with Crippen LogP contribution in [0.1, 0.15) is 49.5 Å². The van der Waals surface area contributed by atoms with E-state index in [0.29, 0.717) is 30.1 Å². The molecule has 1 fully saturated rings. The highest BCUT2D eigenvalue weighted by atomic mass is 16.3. The molecule has 33 heavy (non-hydrogen) atoms. The fraction of sp³-hybridized carbons (Fsp3) is 0.417. The Bertz CT molecular complexity index is 1150. The summed E-state index contributed by atoms with van der Waals surface area (Å²) in [5, 5.41) is 20.3. The highest BCUT2D eigenvalue weighted by Gasteiger charge is 2.27. The number of carbonyl (C=O) groups is 2. The van der Waals surface area contributed by atoms with Crippen LogP contribution in [0.2, 0.25) is 0 Å². The van der Waals surface area contributed by atoms with Crippen LogP contribution in [0.15, 0.2) is 42.6 Å². The van der Waals surface area contributed by atoms with Gasteiger partial charge in [0.1, 0.15) is 11.6 Å². The number of amides is 2. The van der Waals surface area contributed by atoms with Crippen LogP contribution in [0.25, 0.3) is 5.65 Å². The monoisotopic (exact) mass is 450 g/mol. The van der Waals surface area contributed by atoms with Gasteiger partial charge in [-0.1, -0.05) is 12.1 Å². The number of piperidine rings is 1. The van der Waals surface area contributed by atoms with Crippen LogP contribution in [0.5, 0.6) is 0 Å². The van der Waals surface area contributed by atoms with Crippen LogP contribution < -0.4 is 15.5 Å². The van der Waals surface area contributed by atoms with Crippen LogP contribution in [0.4, 0.5) is 11.6 Å². The summed E-state index contributed by atoms with van der Waals surface area (Å²) in [5.41, 5.74) is 0.833. The molecule has 1 aromatic carbocycles. The SMILES string of the molecule is CCNC(=O)C1CCCN(c2cc(NC(=O)c3ccc(C(C)(C)O)cc3)nc3ccnn23)C1. The fourth-order valence-electron chi connectivity index (χ4n) is 4.12. The van der Waals surface area contributed by atoms with Gasteiger partial charge in [-0.05, 0) is 51.3 Å². The molecule has 4 rings (SSSR count). The van der Waals surface area contributed by atoms with Gasteiger partial charge in [0.25, 0.3) is 5.91 Å². The molecule has 1 aliphatic rings. The summed E-state index contributed by atoms with van der Waals surface area (Å²) in [6, 6.07) is 10.4. The number of aliphatic hydroxyl groups is 1. The Morgan fingerprint density at radius 3 is 2.67 bits per heavy atom. The summed E-state index contributed by atoms with van der Waals surface area (Å²) in [6.07, 6.45) is 3.40. The maximum Gasteiger partial charge on any atom is 0.256 e. The van der Waals surface area contributed by atoms with Crippen molar-refractivity contribution < 1.29 is 14.7 Å². The minimum atomic E-state index is -0.973. The molecule has 1 unspecified atom stereocenters. The third-order valence-corrected chi connectivity index (χ3v) is 5.90. The van der Waals surface area contributed by atoms with Crippen molar-refractivity contribution in [3.05, 3.63) is 53.7 Å². The lowest BCUT2D eigenvalue weighted by molar-refractivity contribution is -0.125. The first-order chi connectivity index (χ1) is 15.8. The average molecular weight is 451 g/mol. The molecule has 0 aliphatic carbocycles. The number of fused-ring (bicyclic) bond motifs is 1. The first-order valence-electron chi connectivity index (χ1n) is 11.3. The quantitative estimate of drug-likeness (QED) is 0.532. The van der Waals surface area contributed by atoms with Gasteiger partial charge in [-0.3, -0.25) is 9.59 Å². The first-order valence-corrected chi connectivity index (χ1v) is 11.3. The van der Waals surface area contributed by atoms with E-state index in [1.54, 1.807) is 61.0 Å². The lowest BCUT2D eigenvalue weighted by Crippen LogP contribution is -2.43. The average Bonchev–Trinajstić information content (AvgIpc) is 3.27. The van der Waals surface area contributed by atoms with E-state index in [4.69, 9.17) is 0 Å². The van der Waals surface area contributed by atoms with Crippen molar-refractivity contribution in [3.8, 4) is 0 Å². The molecule has 0 spiro atoms. The Balaban J connectivity index is 1.57.